The summed E-state index contributed by atoms with van der Waals surface area (Å²) in [6.45, 7) is 0.588. The van der Waals surface area contributed by atoms with Crippen LogP contribution in [0, 0.1) is 0 Å². The third-order valence-corrected chi connectivity index (χ3v) is 7.01. The third-order valence-electron chi connectivity index (χ3n) is 7.01. The van der Waals surface area contributed by atoms with Crippen LogP contribution < -0.4 is 10.6 Å². The molecule has 6 rings (SSSR count). The SMILES string of the molecule is CNc1cc(-c2cnc3n([C@@H]4CCOC[C@@H]4F)cccc2-3)nc2c(C(=O)N[C@@H]3CC[C@@H]3O)cnn12. The lowest BCUT2D eigenvalue weighted by Gasteiger charge is -2.32. The second kappa shape index (κ2) is 8.58. The zero-order chi connectivity index (χ0) is 24.1. The standard InChI is InChI=1S/C24H26FN7O3/c1-26-21-9-18(29-23-15(11-28-32(21)23)24(34)30-17-4-5-20(17)33)14-10-27-22-13(14)3-2-7-31(22)19-6-8-35-12-16(19)25/h2-3,7,9-11,16-17,19-20,26,33H,4-6,8,12H2,1H3,(H,30,34)/t16-,17+,19+,20-/m0/s1. The summed E-state index contributed by atoms with van der Waals surface area (Å²) in [5.74, 6) is 1.00. The van der Waals surface area contributed by atoms with Gasteiger partial charge >= 0.3 is 0 Å². The Kier molecular flexibility index (Phi) is 5.37. The van der Waals surface area contributed by atoms with Gasteiger partial charge in [-0.1, -0.05) is 0 Å². The Bertz CT molecular complexity index is 1370. The van der Waals surface area contributed by atoms with Crippen LogP contribution in [-0.2, 0) is 4.74 Å². The van der Waals surface area contributed by atoms with Crippen LogP contribution in [0.25, 0.3) is 28.3 Å². The van der Waals surface area contributed by atoms with E-state index in [-0.39, 0.29) is 24.6 Å². The van der Waals surface area contributed by atoms with Crippen molar-refractivity contribution in [3.05, 3.63) is 42.4 Å². The van der Waals surface area contributed by atoms with E-state index in [4.69, 9.17) is 9.72 Å². The number of nitrogens with zero attached hydrogens (tertiary/aromatic N) is 5. The number of halogens is 1. The summed E-state index contributed by atoms with van der Waals surface area (Å²) in [5.41, 5.74) is 2.95. The van der Waals surface area contributed by atoms with Crippen LogP contribution in [0.15, 0.2) is 36.8 Å². The summed E-state index contributed by atoms with van der Waals surface area (Å²) < 4.78 is 23.4. The van der Waals surface area contributed by atoms with Crippen molar-refractivity contribution in [1.82, 2.24) is 29.5 Å². The molecular weight excluding hydrogens is 453 g/mol. The highest BCUT2D eigenvalue weighted by Gasteiger charge is 2.32. The molecule has 2 aromatic rings. The number of hydrogen-bond donors (Lipinski definition) is 3. The molecule has 1 amide bonds. The lowest BCUT2D eigenvalue weighted by Crippen LogP contribution is -2.50. The number of aliphatic hydroxyl groups excluding tert-OH is 1. The van der Waals surface area contributed by atoms with Crippen molar-refractivity contribution in [3.63, 3.8) is 0 Å². The first-order valence-electron chi connectivity index (χ1n) is 11.8. The Morgan fingerprint density at radius 2 is 2.14 bits per heavy atom. The normalized spacial score (nSPS) is 24.4. The molecule has 182 valence electrons. The Morgan fingerprint density at radius 3 is 2.89 bits per heavy atom. The molecule has 1 saturated heterocycles. The molecule has 11 heteroatoms. The summed E-state index contributed by atoms with van der Waals surface area (Å²) >= 11 is 0. The van der Waals surface area contributed by atoms with Gasteiger partial charge in [0.15, 0.2) is 5.65 Å². The largest absolute Gasteiger partial charge is 0.391 e. The van der Waals surface area contributed by atoms with Crippen molar-refractivity contribution >= 4 is 17.4 Å². The average Bonchev–Trinajstić information content (AvgIpc) is 3.50. The molecule has 5 heterocycles. The van der Waals surface area contributed by atoms with Gasteiger partial charge in [-0.2, -0.15) is 9.61 Å². The first-order chi connectivity index (χ1) is 17.0. The molecule has 4 aliphatic rings. The number of aromatic nitrogens is 5. The number of aliphatic hydroxyl groups is 1. The number of carbonyl (C=O) groups excluding carboxylic acids is 1. The number of carbonyl (C=O) groups is 1. The number of amides is 1. The zero-order valence-corrected chi connectivity index (χ0v) is 19.2. The van der Waals surface area contributed by atoms with Crippen molar-refractivity contribution in [2.24, 2.45) is 0 Å². The van der Waals surface area contributed by atoms with Gasteiger partial charge in [-0.05, 0) is 31.4 Å². The van der Waals surface area contributed by atoms with E-state index in [1.165, 1.54) is 6.20 Å². The van der Waals surface area contributed by atoms with Crippen molar-refractivity contribution in [3.8, 4) is 22.6 Å². The van der Waals surface area contributed by atoms with Crippen LogP contribution >= 0.6 is 0 Å². The highest BCUT2D eigenvalue weighted by molar-refractivity contribution is 6.00. The summed E-state index contributed by atoms with van der Waals surface area (Å²) in [4.78, 5) is 22.3. The van der Waals surface area contributed by atoms with E-state index in [1.807, 2.05) is 29.0 Å². The molecule has 3 N–H and O–H groups in total. The Morgan fingerprint density at radius 1 is 1.26 bits per heavy atom. The molecule has 0 radical (unpaired) electrons. The molecule has 4 atom stereocenters. The second-order valence-electron chi connectivity index (χ2n) is 9.07. The van der Waals surface area contributed by atoms with Crippen molar-refractivity contribution in [2.45, 2.75) is 43.6 Å². The maximum absolute atomic E-state index is 14.6. The van der Waals surface area contributed by atoms with Crippen LogP contribution in [0.1, 0.15) is 35.7 Å². The van der Waals surface area contributed by atoms with Crippen LogP contribution in [0.2, 0.25) is 0 Å². The highest BCUT2D eigenvalue weighted by Crippen LogP contribution is 2.37. The molecule has 0 spiro atoms. The number of rotatable bonds is 5. The second-order valence-corrected chi connectivity index (χ2v) is 9.07. The fraction of sp³-hybridized carbons (Fsp3) is 0.417. The van der Waals surface area contributed by atoms with Gasteiger partial charge in [0.2, 0.25) is 0 Å². The van der Waals surface area contributed by atoms with Gasteiger partial charge in [0.1, 0.15) is 23.4 Å². The molecule has 0 aromatic carbocycles. The van der Waals surface area contributed by atoms with E-state index in [2.05, 4.69) is 20.7 Å². The van der Waals surface area contributed by atoms with E-state index in [1.54, 1.807) is 17.8 Å². The minimum absolute atomic E-state index is 0.0787. The minimum Gasteiger partial charge on any atom is -0.391 e. The average molecular weight is 480 g/mol. The molecule has 2 aromatic heterocycles. The first kappa shape index (κ1) is 21.9. The van der Waals surface area contributed by atoms with E-state index < -0.39 is 12.3 Å². The van der Waals surface area contributed by atoms with Gasteiger partial charge in [0.05, 0.1) is 36.7 Å². The summed E-state index contributed by atoms with van der Waals surface area (Å²) in [5, 5.41) is 20.2. The summed E-state index contributed by atoms with van der Waals surface area (Å²) in [6.07, 6.45) is 5.43. The maximum atomic E-state index is 14.6. The zero-order valence-electron chi connectivity index (χ0n) is 19.2. The van der Waals surface area contributed by atoms with Crippen molar-refractivity contribution in [1.29, 1.82) is 0 Å². The topological polar surface area (TPSA) is 119 Å². The van der Waals surface area contributed by atoms with Crippen molar-refractivity contribution < 1.29 is 19.0 Å². The van der Waals surface area contributed by atoms with Gasteiger partial charge in [0.25, 0.3) is 5.91 Å². The lowest BCUT2D eigenvalue weighted by atomic mass is 9.89. The maximum Gasteiger partial charge on any atom is 0.257 e. The number of anilines is 1. The fourth-order valence-corrected chi connectivity index (χ4v) is 4.87. The number of nitrogens with one attached hydrogen (secondary N) is 2. The van der Waals surface area contributed by atoms with Gasteiger partial charge in [-0.15, -0.1) is 0 Å². The summed E-state index contributed by atoms with van der Waals surface area (Å²) in [7, 11) is 1.77. The fourth-order valence-electron chi connectivity index (χ4n) is 4.87. The predicted octanol–water partition coefficient (Wildman–Crippen LogP) is 2.29. The van der Waals surface area contributed by atoms with Gasteiger partial charge in [-0.3, -0.25) is 4.79 Å². The minimum atomic E-state index is -1.10. The molecule has 0 unspecified atom stereocenters. The van der Waals surface area contributed by atoms with Crippen LogP contribution in [0.5, 0.6) is 0 Å². The van der Waals surface area contributed by atoms with E-state index in [0.717, 1.165) is 17.5 Å². The van der Waals surface area contributed by atoms with Crippen LogP contribution in [0.3, 0.4) is 0 Å². The van der Waals surface area contributed by atoms with E-state index >= 15 is 0 Å². The van der Waals surface area contributed by atoms with Crippen LogP contribution in [-0.4, -0.2) is 73.7 Å². The number of hydrogen-bond acceptors (Lipinski definition) is 7. The molecule has 3 aliphatic heterocycles. The number of ether oxygens (including phenoxy) is 1. The molecule has 35 heavy (non-hydrogen) atoms. The van der Waals surface area contributed by atoms with Gasteiger partial charge in [0, 0.05) is 43.2 Å². The Labute approximate surface area is 200 Å². The number of pyridine rings is 1. The van der Waals surface area contributed by atoms with Gasteiger partial charge in [-0.25, -0.2) is 14.4 Å². The molecule has 10 nitrogen and oxygen atoms in total. The molecule has 0 bridgehead atoms. The molecular formula is C24H26FN7O3. The predicted molar refractivity (Wildman–Crippen MR) is 126 cm³/mol. The summed E-state index contributed by atoms with van der Waals surface area (Å²) in [6, 6.07) is 5.07. The van der Waals surface area contributed by atoms with E-state index in [0.29, 0.717) is 48.0 Å². The molecule has 1 aliphatic carbocycles. The quantitative estimate of drug-likeness (QED) is 0.402. The molecule has 1 saturated carbocycles. The number of alkyl halides is 1. The lowest BCUT2D eigenvalue weighted by molar-refractivity contribution is 0.00346. The highest BCUT2D eigenvalue weighted by atomic mass is 19.1. The van der Waals surface area contributed by atoms with Gasteiger partial charge < -0.3 is 25.0 Å². The number of fused-ring (bicyclic) bond motifs is 2. The monoisotopic (exact) mass is 479 g/mol. The third kappa shape index (κ3) is 3.62. The smallest absolute Gasteiger partial charge is 0.257 e. The Balaban J connectivity index is 1.40. The Hall–Kier alpha value is -3.57. The van der Waals surface area contributed by atoms with E-state index in [9.17, 15) is 14.3 Å². The first-order valence-corrected chi connectivity index (χ1v) is 11.8. The van der Waals surface area contributed by atoms with Crippen molar-refractivity contribution in [2.75, 3.05) is 25.6 Å². The molecule has 2 fully saturated rings. The van der Waals surface area contributed by atoms with Crippen LogP contribution in [0.4, 0.5) is 10.2 Å².